The second kappa shape index (κ2) is 6.29. The topological polar surface area (TPSA) is 25.2 Å². The summed E-state index contributed by atoms with van der Waals surface area (Å²) in [7, 11) is 0. The third kappa shape index (κ3) is 2.57. The van der Waals surface area contributed by atoms with Gasteiger partial charge in [-0.25, -0.2) is 0 Å². The highest BCUT2D eigenvalue weighted by atomic mass is 32.1. The standard InChI is InChI=1S/C20H20N2OS/c1-2-18-17-9-13-24-19(17)8-12-22(18)20(23)15-6-5-7-16(14-15)21-10-3-4-11-21/h3-7,9-11,13-14,18H,2,8,12H2,1H3. The third-order valence-corrected chi connectivity index (χ3v) is 5.73. The summed E-state index contributed by atoms with van der Waals surface area (Å²) in [4.78, 5) is 16.6. The highest BCUT2D eigenvalue weighted by Gasteiger charge is 2.30. The van der Waals surface area contributed by atoms with Crippen LogP contribution in [0.4, 0.5) is 0 Å². The Balaban J connectivity index is 1.65. The zero-order valence-electron chi connectivity index (χ0n) is 13.7. The fourth-order valence-corrected chi connectivity index (χ4v) is 4.48. The van der Waals surface area contributed by atoms with Crippen molar-refractivity contribution in [2.24, 2.45) is 0 Å². The lowest BCUT2D eigenvalue weighted by atomic mass is 9.97. The Kier molecular flexibility index (Phi) is 3.98. The summed E-state index contributed by atoms with van der Waals surface area (Å²) in [5.74, 6) is 0.132. The number of thiophene rings is 1. The maximum absolute atomic E-state index is 13.1. The van der Waals surface area contributed by atoms with Gasteiger partial charge in [0.1, 0.15) is 0 Å². The van der Waals surface area contributed by atoms with Crippen LogP contribution < -0.4 is 0 Å². The van der Waals surface area contributed by atoms with Crippen LogP contribution in [0.1, 0.15) is 40.2 Å². The van der Waals surface area contributed by atoms with E-state index in [1.165, 1.54) is 10.4 Å². The van der Waals surface area contributed by atoms with Crippen molar-refractivity contribution in [1.82, 2.24) is 9.47 Å². The molecule has 0 N–H and O–H groups in total. The van der Waals surface area contributed by atoms with Crippen LogP contribution in [0.3, 0.4) is 0 Å². The van der Waals surface area contributed by atoms with Crippen LogP contribution in [0, 0.1) is 0 Å². The van der Waals surface area contributed by atoms with Gasteiger partial charge in [0.15, 0.2) is 0 Å². The highest BCUT2D eigenvalue weighted by molar-refractivity contribution is 7.10. The molecule has 1 aromatic carbocycles. The van der Waals surface area contributed by atoms with E-state index < -0.39 is 0 Å². The van der Waals surface area contributed by atoms with Crippen LogP contribution in [0.15, 0.2) is 60.2 Å². The molecule has 24 heavy (non-hydrogen) atoms. The molecule has 3 heterocycles. The Hall–Kier alpha value is -2.33. The Morgan fingerprint density at radius 3 is 2.83 bits per heavy atom. The van der Waals surface area contributed by atoms with Crippen molar-refractivity contribution in [2.75, 3.05) is 6.54 Å². The molecule has 3 aromatic rings. The van der Waals surface area contributed by atoms with Gasteiger partial charge in [0.25, 0.3) is 5.91 Å². The van der Waals surface area contributed by atoms with Gasteiger partial charge in [0.05, 0.1) is 6.04 Å². The van der Waals surface area contributed by atoms with Crippen molar-refractivity contribution in [3.05, 3.63) is 76.2 Å². The molecule has 0 spiro atoms. The van der Waals surface area contributed by atoms with E-state index in [9.17, 15) is 4.79 Å². The average Bonchev–Trinajstić information content (AvgIpc) is 3.31. The summed E-state index contributed by atoms with van der Waals surface area (Å²) in [6.07, 6.45) is 5.91. The Morgan fingerprint density at radius 2 is 2.04 bits per heavy atom. The molecule has 1 aliphatic heterocycles. The molecule has 4 heteroatoms. The normalized spacial score (nSPS) is 16.9. The van der Waals surface area contributed by atoms with E-state index in [4.69, 9.17) is 0 Å². The van der Waals surface area contributed by atoms with E-state index in [1.54, 1.807) is 0 Å². The number of hydrogen-bond donors (Lipinski definition) is 0. The third-order valence-electron chi connectivity index (χ3n) is 4.74. The lowest BCUT2D eigenvalue weighted by Crippen LogP contribution is -2.39. The molecule has 2 aromatic heterocycles. The van der Waals surface area contributed by atoms with E-state index in [-0.39, 0.29) is 11.9 Å². The minimum absolute atomic E-state index is 0.132. The Bertz CT molecular complexity index is 850. The van der Waals surface area contributed by atoms with Crippen LogP contribution in [0.25, 0.3) is 5.69 Å². The van der Waals surface area contributed by atoms with Crippen LogP contribution >= 0.6 is 11.3 Å². The summed E-state index contributed by atoms with van der Waals surface area (Å²) in [5.41, 5.74) is 3.12. The van der Waals surface area contributed by atoms with Crippen molar-refractivity contribution in [2.45, 2.75) is 25.8 Å². The predicted molar refractivity (Wildman–Crippen MR) is 97.9 cm³/mol. The number of benzene rings is 1. The first-order chi connectivity index (χ1) is 11.8. The Morgan fingerprint density at radius 1 is 1.21 bits per heavy atom. The smallest absolute Gasteiger partial charge is 0.254 e. The lowest BCUT2D eigenvalue weighted by molar-refractivity contribution is 0.0657. The quantitative estimate of drug-likeness (QED) is 0.681. The van der Waals surface area contributed by atoms with Crippen LogP contribution in [-0.2, 0) is 6.42 Å². The van der Waals surface area contributed by atoms with Crippen molar-refractivity contribution >= 4 is 17.2 Å². The molecule has 1 aliphatic rings. The molecule has 0 saturated carbocycles. The van der Waals surface area contributed by atoms with Gasteiger partial charge in [-0.3, -0.25) is 4.79 Å². The van der Waals surface area contributed by atoms with Crippen LogP contribution in [-0.4, -0.2) is 21.9 Å². The second-order valence-corrected chi connectivity index (χ2v) is 7.11. The first kappa shape index (κ1) is 15.2. The van der Waals surface area contributed by atoms with E-state index in [2.05, 4.69) is 18.4 Å². The van der Waals surface area contributed by atoms with Gasteiger partial charge < -0.3 is 9.47 Å². The van der Waals surface area contributed by atoms with Gasteiger partial charge in [-0.05, 0) is 60.2 Å². The highest BCUT2D eigenvalue weighted by Crippen LogP contribution is 2.36. The summed E-state index contributed by atoms with van der Waals surface area (Å²) in [5, 5.41) is 2.15. The summed E-state index contributed by atoms with van der Waals surface area (Å²) < 4.78 is 2.03. The number of aromatic nitrogens is 1. The first-order valence-corrected chi connectivity index (χ1v) is 9.26. The molecule has 1 atom stereocenters. The summed E-state index contributed by atoms with van der Waals surface area (Å²) in [6.45, 7) is 2.96. The van der Waals surface area contributed by atoms with E-state index >= 15 is 0 Å². The minimum Gasteiger partial charge on any atom is -0.331 e. The van der Waals surface area contributed by atoms with Crippen LogP contribution in [0.5, 0.6) is 0 Å². The first-order valence-electron chi connectivity index (χ1n) is 8.38. The molecule has 3 nitrogen and oxygen atoms in total. The number of carbonyl (C=O) groups is 1. The molecular weight excluding hydrogens is 316 g/mol. The predicted octanol–water partition coefficient (Wildman–Crippen LogP) is 4.69. The number of rotatable bonds is 3. The summed E-state index contributed by atoms with van der Waals surface area (Å²) >= 11 is 1.81. The minimum atomic E-state index is 0.132. The zero-order valence-corrected chi connectivity index (χ0v) is 14.5. The SMILES string of the molecule is CCC1c2ccsc2CCN1C(=O)c1cccc(-n2cccc2)c1. The molecule has 0 saturated heterocycles. The van der Waals surface area contributed by atoms with Gasteiger partial charge in [0.2, 0.25) is 0 Å². The molecule has 1 amide bonds. The van der Waals surface area contributed by atoms with Gasteiger partial charge in [0, 0.05) is 35.1 Å². The van der Waals surface area contributed by atoms with Gasteiger partial charge >= 0.3 is 0 Å². The van der Waals surface area contributed by atoms with Crippen molar-refractivity contribution < 1.29 is 4.79 Å². The average molecular weight is 336 g/mol. The molecule has 0 fully saturated rings. The van der Waals surface area contributed by atoms with Crippen molar-refractivity contribution in [1.29, 1.82) is 0 Å². The molecule has 0 radical (unpaired) electrons. The maximum Gasteiger partial charge on any atom is 0.254 e. The van der Waals surface area contributed by atoms with Gasteiger partial charge in [-0.1, -0.05) is 13.0 Å². The van der Waals surface area contributed by atoms with Crippen molar-refractivity contribution in [3.8, 4) is 5.69 Å². The molecule has 0 aliphatic carbocycles. The van der Waals surface area contributed by atoms with Crippen molar-refractivity contribution in [3.63, 3.8) is 0 Å². The number of carbonyl (C=O) groups excluding carboxylic acids is 1. The number of fused-ring (bicyclic) bond motifs is 1. The van der Waals surface area contributed by atoms with E-state index in [0.29, 0.717) is 0 Å². The largest absolute Gasteiger partial charge is 0.331 e. The number of hydrogen-bond acceptors (Lipinski definition) is 2. The molecule has 1 unspecified atom stereocenters. The number of nitrogens with zero attached hydrogens (tertiary/aromatic N) is 2. The Labute approximate surface area is 146 Å². The fraction of sp³-hybridized carbons (Fsp3) is 0.250. The molecular formula is C20H20N2OS. The summed E-state index contributed by atoms with van der Waals surface area (Å²) in [6, 6.07) is 14.3. The van der Waals surface area contributed by atoms with E-state index in [0.717, 1.165) is 30.6 Å². The van der Waals surface area contributed by atoms with Crippen LogP contribution in [0.2, 0.25) is 0 Å². The maximum atomic E-state index is 13.1. The zero-order chi connectivity index (χ0) is 16.5. The number of amides is 1. The second-order valence-electron chi connectivity index (χ2n) is 6.11. The monoisotopic (exact) mass is 336 g/mol. The fourth-order valence-electron chi connectivity index (χ4n) is 3.55. The van der Waals surface area contributed by atoms with Gasteiger partial charge in [-0.15, -0.1) is 11.3 Å². The van der Waals surface area contributed by atoms with Gasteiger partial charge in [-0.2, -0.15) is 0 Å². The molecule has 122 valence electrons. The molecule has 4 rings (SSSR count). The van der Waals surface area contributed by atoms with E-state index in [1.807, 2.05) is 69.6 Å². The molecule has 0 bridgehead atoms. The lowest BCUT2D eigenvalue weighted by Gasteiger charge is -2.35.